The van der Waals surface area contributed by atoms with Crippen LogP contribution >= 0.6 is 0 Å². The van der Waals surface area contributed by atoms with Gasteiger partial charge in [0, 0.05) is 6.42 Å². The summed E-state index contributed by atoms with van der Waals surface area (Å²) in [7, 11) is 3.17. The van der Waals surface area contributed by atoms with Crippen LogP contribution in [0.25, 0.3) is 0 Å². The Kier molecular flexibility index (Phi) is 7.34. The van der Waals surface area contributed by atoms with Crippen molar-refractivity contribution < 1.29 is 19.0 Å². The number of methoxy groups -OCH3 is 2. The van der Waals surface area contributed by atoms with Gasteiger partial charge in [-0.2, -0.15) is 0 Å². The van der Waals surface area contributed by atoms with Gasteiger partial charge in [-0.1, -0.05) is 37.3 Å². The first-order chi connectivity index (χ1) is 13.5. The molecule has 0 fully saturated rings. The summed E-state index contributed by atoms with van der Waals surface area (Å²) in [4.78, 5) is 13.3. The second-order valence-corrected chi connectivity index (χ2v) is 7.07. The number of unbranched alkanes of at least 4 members (excludes halogenated alkanes) is 2. The largest absolute Gasteiger partial charge is 0.493 e. The molecular formula is C24H30O4. The highest BCUT2D eigenvalue weighted by atomic mass is 16.5. The SMILES string of the molecule is C=CCC1(c2ccc(OC)c(OC)c2)C(=O)C(C#CCCCC)=C1OC(C)C. The number of carbonyl (C=O) groups is 1. The average molecular weight is 383 g/mol. The van der Waals surface area contributed by atoms with Gasteiger partial charge in [-0.3, -0.25) is 4.79 Å². The van der Waals surface area contributed by atoms with Gasteiger partial charge in [0.2, 0.25) is 0 Å². The van der Waals surface area contributed by atoms with Crippen LogP contribution in [0.5, 0.6) is 11.5 Å². The number of benzene rings is 1. The summed E-state index contributed by atoms with van der Waals surface area (Å²) in [5, 5.41) is 0. The number of rotatable bonds is 9. The van der Waals surface area contributed by atoms with Gasteiger partial charge in [0.15, 0.2) is 17.3 Å². The second-order valence-electron chi connectivity index (χ2n) is 7.07. The maximum absolute atomic E-state index is 13.3. The van der Waals surface area contributed by atoms with E-state index in [1.54, 1.807) is 20.3 Å². The number of ether oxygens (including phenoxy) is 3. The summed E-state index contributed by atoms with van der Waals surface area (Å²) >= 11 is 0. The van der Waals surface area contributed by atoms with Crippen LogP contribution in [0, 0.1) is 11.8 Å². The molecule has 0 radical (unpaired) electrons. The maximum atomic E-state index is 13.3. The first-order valence-electron chi connectivity index (χ1n) is 9.74. The summed E-state index contributed by atoms with van der Waals surface area (Å²) in [5.74, 6) is 7.96. The molecule has 0 heterocycles. The van der Waals surface area contributed by atoms with Gasteiger partial charge in [-0.05, 0) is 44.4 Å². The quantitative estimate of drug-likeness (QED) is 0.343. The predicted molar refractivity (Wildman–Crippen MR) is 112 cm³/mol. The first kappa shape index (κ1) is 21.6. The third-order valence-corrected chi connectivity index (χ3v) is 4.78. The normalized spacial score (nSPS) is 18.3. The Morgan fingerprint density at radius 2 is 1.93 bits per heavy atom. The lowest BCUT2D eigenvalue weighted by Gasteiger charge is -2.42. The van der Waals surface area contributed by atoms with Crippen LogP contribution in [0.4, 0.5) is 0 Å². The van der Waals surface area contributed by atoms with Crippen molar-refractivity contribution in [2.24, 2.45) is 0 Å². The molecule has 4 heteroatoms. The van der Waals surface area contributed by atoms with E-state index in [1.165, 1.54) is 0 Å². The Morgan fingerprint density at radius 1 is 1.21 bits per heavy atom. The summed E-state index contributed by atoms with van der Waals surface area (Å²) in [6.45, 7) is 9.89. The molecule has 0 amide bonds. The number of hydrogen-bond donors (Lipinski definition) is 0. The summed E-state index contributed by atoms with van der Waals surface area (Å²) in [6, 6.07) is 5.53. The van der Waals surface area contributed by atoms with Gasteiger partial charge in [-0.15, -0.1) is 6.58 Å². The topological polar surface area (TPSA) is 44.8 Å². The summed E-state index contributed by atoms with van der Waals surface area (Å²) in [6.07, 6.45) is 4.97. The van der Waals surface area contributed by atoms with Crippen molar-refractivity contribution in [1.29, 1.82) is 0 Å². The van der Waals surface area contributed by atoms with E-state index in [-0.39, 0.29) is 11.9 Å². The Bertz CT molecular complexity index is 823. The fourth-order valence-electron chi connectivity index (χ4n) is 3.38. The van der Waals surface area contributed by atoms with Crippen molar-refractivity contribution in [3.8, 4) is 23.3 Å². The van der Waals surface area contributed by atoms with E-state index >= 15 is 0 Å². The van der Waals surface area contributed by atoms with Crippen molar-refractivity contribution >= 4 is 5.78 Å². The zero-order valence-corrected chi connectivity index (χ0v) is 17.6. The van der Waals surface area contributed by atoms with Crippen molar-refractivity contribution in [3.63, 3.8) is 0 Å². The highest BCUT2D eigenvalue weighted by molar-refractivity contribution is 6.16. The molecule has 1 aliphatic rings. The molecule has 0 aromatic heterocycles. The smallest absolute Gasteiger partial charge is 0.193 e. The highest BCUT2D eigenvalue weighted by Crippen LogP contribution is 2.50. The second kappa shape index (κ2) is 9.50. The van der Waals surface area contributed by atoms with Crippen LogP contribution in [0.3, 0.4) is 0 Å². The molecule has 1 aromatic carbocycles. The van der Waals surface area contributed by atoms with Gasteiger partial charge in [0.25, 0.3) is 0 Å². The lowest BCUT2D eigenvalue weighted by atomic mass is 9.61. The lowest BCUT2D eigenvalue weighted by Crippen LogP contribution is -2.49. The summed E-state index contributed by atoms with van der Waals surface area (Å²) < 4.78 is 16.9. The molecule has 150 valence electrons. The fraction of sp³-hybridized carbons (Fsp3) is 0.458. The third-order valence-electron chi connectivity index (χ3n) is 4.78. The number of Topliss-reactive ketones (excluding diaryl/α,β-unsaturated/α-hetero) is 1. The molecule has 0 N–H and O–H groups in total. The number of allylic oxidation sites excluding steroid dienone is 3. The van der Waals surface area contributed by atoms with Crippen LogP contribution in [0.2, 0.25) is 0 Å². The van der Waals surface area contributed by atoms with Crippen molar-refractivity contribution in [1.82, 2.24) is 0 Å². The molecule has 0 saturated heterocycles. The molecule has 4 nitrogen and oxygen atoms in total. The van der Waals surface area contributed by atoms with E-state index in [4.69, 9.17) is 14.2 Å². The third kappa shape index (κ3) is 3.94. The van der Waals surface area contributed by atoms with E-state index in [2.05, 4.69) is 25.3 Å². The molecule has 28 heavy (non-hydrogen) atoms. The molecule has 0 spiro atoms. The molecule has 0 aliphatic heterocycles. The molecule has 2 rings (SSSR count). The standard InChI is InChI=1S/C24H30O4/c1-7-9-10-11-12-19-22(25)24(15-8-2,23(19)28-17(3)4)18-13-14-20(26-5)21(16-18)27-6/h8,13-14,16-17H,2,7,9-10,15H2,1,3-6H3. The van der Waals surface area contributed by atoms with Crippen LogP contribution < -0.4 is 9.47 Å². The van der Waals surface area contributed by atoms with Crippen LogP contribution in [0.15, 0.2) is 42.2 Å². The number of carbonyl (C=O) groups excluding carboxylic acids is 1. The van der Waals surface area contributed by atoms with E-state index in [1.807, 2.05) is 32.0 Å². The van der Waals surface area contributed by atoms with E-state index in [0.29, 0.717) is 29.3 Å². The molecule has 1 unspecified atom stereocenters. The molecular weight excluding hydrogens is 352 g/mol. The Labute approximate surface area is 168 Å². The van der Waals surface area contributed by atoms with E-state index < -0.39 is 5.41 Å². The van der Waals surface area contributed by atoms with Crippen LogP contribution in [-0.2, 0) is 14.9 Å². The Morgan fingerprint density at radius 3 is 2.50 bits per heavy atom. The lowest BCUT2D eigenvalue weighted by molar-refractivity contribution is -0.124. The van der Waals surface area contributed by atoms with E-state index in [9.17, 15) is 4.79 Å². The van der Waals surface area contributed by atoms with Crippen molar-refractivity contribution in [2.75, 3.05) is 14.2 Å². The molecule has 1 aromatic rings. The van der Waals surface area contributed by atoms with Gasteiger partial charge >= 0.3 is 0 Å². The summed E-state index contributed by atoms with van der Waals surface area (Å²) in [5.41, 5.74) is 0.353. The molecule has 0 bridgehead atoms. The van der Waals surface area contributed by atoms with Crippen molar-refractivity contribution in [2.45, 2.75) is 58.0 Å². The van der Waals surface area contributed by atoms with Gasteiger partial charge in [0.1, 0.15) is 16.7 Å². The fourth-order valence-corrected chi connectivity index (χ4v) is 3.38. The zero-order valence-electron chi connectivity index (χ0n) is 17.6. The van der Waals surface area contributed by atoms with Gasteiger partial charge in [0.05, 0.1) is 20.3 Å². The Hall–Kier alpha value is -2.67. The number of ketones is 1. The minimum Gasteiger partial charge on any atom is -0.493 e. The molecule has 1 aliphatic carbocycles. The first-order valence-corrected chi connectivity index (χ1v) is 9.74. The Balaban J connectivity index is 2.60. The van der Waals surface area contributed by atoms with Crippen LogP contribution in [-0.4, -0.2) is 26.1 Å². The minimum absolute atomic E-state index is 0.0285. The predicted octanol–water partition coefficient (Wildman–Crippen LogP) is 4.97. The minimum atomic E-state index is -0.916. The monoisotopic (exact) mass is 382 g/mol. The number of hydrogen-bond acceptors (Lipinski definition) is 4. The van der Waals surface area contributed by atoms with Gasteiger partial charge < -0.3 is 14.2 Å². The average Bonchev–Trinajstić information content (AvgIpc) is 2.70. The molecule has 0 saturated carbocycles. The highest BCUT2D eigenvalue weighted by Gasteiger charge is 2.56. The van der Waals surface area contributed by atoms with E-state index in [0.717, 1.165) is 24.8 Å². The zero-order chi connectivity index (χ0) is 20.7. The van der Waals surface area contributed by atoms with Gasteiger partial charge in [-0.25, -0.2) is 0 Å². The maximum Gasteiger partial charge on any atom is 0.193 e. The molecule has 1 atom stereocenters. The van der Waals surface area contributed by atoms with Crippen molar-refractivity contribution in [3.05, 3.63) is 47.7 Å². The van der Waals surface area contributed by atoms with Crippen LogP contribution in [0.1, 0.15) is 52.0 Å².